The summed E-state index contributed by atoms with van der Waals surface area (Å²) in [5, 5.41) is 9.96. The maximum atomic E-state index is 6.27. The third-order valence-electron chi connectivity index (χ3n) is 5.97. The highest BCUT2D eigenvalue weighted by Gasteiger charge is 2.31. The lowest BCUT2D eigenvalue weighted by Gasteiger charge is -2.26. The Kier molecular flexibility index (Phi) is 4.48. The summed E-state index contributed by atoms with van der Waals surface area (Å²) in [5.74, 6) is 4.67. The molecule has 3 heterocycles. The summed E-state index contributed by atoms with van der Waals surface area (Å²) in [4.78, 5) is 6.70. The second-order valence-electron chi connectivity index (χ2n) is 8.11. The lowest BCUT2D eigenvalue weighted by atomic mass is 9.81. The SMILES string of the molecule is Cc1cnc(C2CCC(c3nnc4n3-c3ccc(Cl)cc3CN(C)C4)CC2)o1. The van der Waals surface area contributed by atoms with Crippen molar-refractivity contribution >= 4 is 11.6 Å². The Balaban J connectivity index is 1.45. The van der Waals surface area contributed by atoms with Gasteiger partial charge in [0, 0.05) is 23.4 Å². The average molecular weight is 398 g/mol. The van der Waals surface area contributed by atoms with Crippen LogP contribution in [0, 0.1) is 6.92 Å². The van der Waals surface area contributed by atoms with Gasteiger partial charge in [0.15, 0.2) is 11.7 Å². The Hall–Kier alpha value is -2.18. The Morgan fingerprint density at radius 3 is 2.61 bits per heavy atom. The van der Waals surface area contributed by atoms with Crippen LogP contribution < -0.4 is 0 Å². The number of hydrogen-bond acceptors (Lipinski definition) is 5. The molecule has 0 N–H and O–H groups in total. The molecule has 0 radical (unpaired) electrons. The van der Waals surface area contributed by atoms with E-state index in [1.165, 1.54) is 5.56 Å². The van der Waals surface area contributed by atoms with Gasteiger partial charge in [0.2, 0.25) is 0 Å². The zero-order valence-corrected chi connectivity index (χ0v) is 17.0. The van der Waals surface area contributed by atoms with Crippen molar-refractivity contribution in [3.63, 3.8) is 0 Å². The maximum absolute atomic E-state index is 6.27. The molecular weight excluding hydrogens is 374 g/mol. The summed E-state index contributed by atoms with van der Waals surface area (Å²) in [7, 11) is 2.11. The maximum Gasteiger partial charge on any atom is 0.197 e. The molecule has 0 unspecified atom stereocenters. The van der Waals surface area contributed by atoms with Crippen LogP contribution in [-0.2, 0) is 13.1 Å². The van der Waals surface area contributed by atoms with Gasteiger partial charge in [-0.25, -0.2) is 4.98 Å². The predicted molar refractivity (Wildman–Crippen MR) is 107 cm³/mol. The standard InChI is InChI=1S/C21H24ClN5O/c1-13-10-23-21(28-13)15-5-3-14(4-6-15)20-25-24-19-12-26(2)11-16-9-17(22)7-8-18(16)27(19)20/h7-10,14-15H,3-6,11-12H2,1-2H3. The van der Waals surface area contributed by atoms with E-state index in [1.807, 2.05) is 19.2 Å². The number of rotatable bonds is 2. The summed E-state index contributed by atoms with van der Waals surface area (Å²) < 4.78 is 8.04. The summed E-state index contributed by atoms with van der Waals surface area (Å²) in [6, 6.07) is 6.13. The molecule has 28 heavy (non-hydrogen) atoms. The highest BCUT2D eigenvalue weighted by Crippen LogP contribution is 2.41. The zero-order chi connectivity index (χ0) is 19.3. The number of oxazole rings is 1. The first kappa shape index (κ1) is 17.9. The van der Waals surface area contributed by atoms with Crippen molar-refractivity contribution < 1.29 is 4.42 Å². The van der Waals surface area contributed by atoms with Crippen molar-refractivity contribution in [2.45, 2.75) is 57.5 Å². The Labute approximate surface area is 169 Å². The van der Waals surface area contributed by atoms with Crippen LogP contribution in [0.5, 0.6) is 0 Å². The first-order chi connectivity index (χ1) is 13.6. The second kappa shape index (κ2) is 7.01. The van der Waals surface area contributed by atoms with Gasteiger partial charge in [-0.2, -0.15) is 0 Å². The summed E-state index contributed by atoms with van der Waals surface area (Å²) in [5.41, 5.74) is 2.38. The minimum atomic E-state index is 0.403. The van der Waals surface area contributed by atoms with Crippen LogP contribution in [0.3, 0.4) is 0 Å². The van der Waals surface area contributed by atoms with Gasteiger partial charge in [-0.3, -0.25) is 9.47 Å². The van der Waals surface area contributed by atoms with Gasteiger partial charge in [0.05, 0.1) is 18.4 Å². The van der Waals surface area contributed by atoms with Gasteiger partial charge >= 0.3 is 0 Å². The van der Waals surface area contributed by atoms with E-state index >= 15 is 0 Å². The molecule has 0 saturated heterocycles. The van der Waals surface area contributed by atoms with E-state index in [9.17, 15) is 0 Å². The molecule has 2 aromatic heterocycles. The van der Waals surface area contributed by atoms with E-state index in [-0.39, 0.29) is 0 Å². The van der Waals surface area contributed by atoms with Crippen LogP contribution in [0.25, 0.3) is 5.69 Å². The molecule has 0 bridgehead atoms. The van der Waals surface area contributed by atoms with E-state index in [1.54, 1.807) is 0 Å². The number of halogens is 1. The van der Waals surface area contributed by atoms with Crippen LogP contribution in [0.2, 0.25) is 5.02 Å². The number of aromatic nitrogens is 4. The molecular formula is C21H24ClN5O. The van der Waals surface area contributed by atoms with Gasteiger partial charge in [-0.05, 0) is 63.4 Å². The topological polar surface area (TPSA) is 60.0 Å². The van der Waals surface area contributed by atoms with Gasteiger partial charge in [-0.1, -0.05) is 11.6 Å². The Morgan fingerprint density at radius 2 is 1.86 bits per heavy atom. The average Bonchev–Trinajstić information content (AvgIpc) is 3.25. The normalized spacial score (nSPS) is 22.5. The monoisotopic (exact) mass is 397 g/mol. The highest BCUT2D eigenvalue weighted by molar-refractivity contribution is 6.30. The third-order valence-corrected chi connectivity index (χ3v) is 6.20. The number of fused-ring (bicyclic) bond motifs is 3. The van der Waals surface area contributed by atoms with E-state index in [0.29, 0.717) is 11.8 Å². The summed E-state index contributed by atoms with van der Waals surface area (Å²) in [6.07, 6.45) is 6.10. The van der Waals surface area contributed by atoms with E-state index < -0.39 is 0 Å². The molecule has 0 amide bonds. The third kappa shape index (κ3) is 3.14. The van der Waals surface area contributed by atoms with E-state index in [2.05, 4.69) is 43.8 Å². The van der Waals surface area contributed by atoms with Gasteiger partial charge in [-0.15, -0.1) is 10.2 Å². The Bertz CT molecular complexity index is 1000. The fraction of sp³-hybridized carbons (Fsp3) is 0.476. The quantitative estimate of drug-likeness (QED) is 0.632. The minimum absolute atomic E-state index is 0.403. The van der Waals surface area contributed by atoms with Gasteiger partial charge < -0.3 is 4.42 Å². The van der Waals surface area contributed by atoms with Gasteiger partial charge in [0.25, 0.3) is 0 Å². The number of aryl methyl sites for hydroxylation is 1. The fourth-order valence-corrected chi connectivity index (χ4v) is 4.80. The molecule has 2 aliphatic rings. The molecule has 5 rings (SSSR count). The molecule has 0 spiro atoms. The first-order valence-corrected chi connectivity index (χ1v) is 10.3. The first-order valence-electron chi connectivity index (χ1n) is 9.92. The van der Waals surface area contributed by atoms with Crippen LogP contribution in [-0.4, -0.2) is 31.7 Å². The molecule has 1 aliphatic carbocycles. The lowest BCUT2D eigenvalue weighted by molar-refractivity contribution is 0.314. The van der Waals surface area contributed by atoms with Crippen molar-refractivity contribution in [3.8, 4) is 5.69 Å². The summed E-state index contributed by atoms with van der Waals surface area (Å²) >= 11 is 6.27. The molecule has 0 atom stereocenters. The van der Waals surface area contributed by atoms with Crippen LogP contribution in [0.1, 0.15) is 66.4 Å². The molecule has 146 valence electrons. The molecule has 1 saturated carbocycles. The number of hydrogen-bond donors (Lipinski definition) is 0. The molecule has 3 aromatic rings. The number of benzene rings is 1. The zero-order valence-electron chi connectivity index (χ0n) is 16.2. The van der Waals surface area contributed by atoms with Gasteiger partial charge in [0.1, 0.15) is 11.6 Å². The van der Waals surface area contributed by atoms with Crippen molar-refractivity contribution in [2.24, 2.45) is 0 Å². The smallest absolute Gasteiger partial charge is 0.197 e. The van der Waals surface area contributed by atoms with E-state index in [4.69, 9.17) is 16.0 Å². The van der Waals surface area contributed by atoms with Crippen molar-refractivity contribution in [1.82, 2.24) is 24.6 Å². The van der Waals surface area contributed by atoms with Crippen LogP contribution in [0.15, 0.2) is 28.8 Å². The van der Waals surface area contributed by atoms with E-state index in [0.717, 1.165) is 72.8 Å². The number of nitrogens with zero attached hydrogens (tertiary/aromatic N) is 5. The summed E-state index contributed by atoms with van der Waals surface area (Å²) in [6.45, 7) is 3.59. The largest absolute Gasteiger partial charge is 0.446 e. The van der Waals surface area contributed by atoms with Crippen molar-refractivity contribution in [3.05, 3.63) is 58.3 Å². The lowest BCUT2D eigenvalue weighted by Crippen LogP contribution is -2.17. The van der Waals surface area contributed by atoms with Crippen molar-refractivity contribution in [1.29, 1.82) is 0 Å². The molecule has 7 heteroatoms. The van der Waals surface area contributed by atoms with Crippen LogP contribution in [0.4, 0.5) is 0 Å². The fourth-order valence-electron chi connectivity index (χ4n) is 4.61. The molecule has 1 aromatic carbocycles. The van der Waals surface area contributed by atoms with Crippen molar-refractivity contribution in [2.75, 3.05) is 7.05 Å². The highest BCUT2D eigenvalue weighted by atomic mass is 35.5. The second-order valence-corrected chi connectivity index (χ2v) is 8.55. The molecule has 1 aliphatic heterocycles. The molecule has 1 fully saturated rings. The predicted octanol–water partition coefficient (Wildman–Crippen LogP) is 4.60. The molecule has 6 nitrogen and oxygen atoms in total. The Morgan fingerprint density at radius 1 is 1.07 bits per heavy atom. The minimum Gasteiger partial charge on any atom is -0.446 e. The van der Waals surface area contributed by atoms with Crippen LogP contribution >= 0.6 is 11.6 Å².